The van der Waals surface area contributed by atoms with Crippen molar-refractivity contribution in [2.24, 2.45) is 0 Å². The van der Waals surface area contributed by atoms with Gasteiger partial charge in [-0.05, 0) is 36.8 Å². The second kappa shape index (κ2) is 9.04. The van der Waals surface area contributed by atoms with Gasteiger partial charge in [-0.25, -0.2) is 9.18 Å². The van der Waals surface area contributed by atoms with Gasteiger partial charge in [-0.2, -0.15) is 5.26 Å². The van der Waals surface area contributed by atoms with E-state index in [0.717, 1.165) is 0 Å². The first-order chi connectivity index (χ1) is 14.1. The predicted molar refractivity (Wildman–Crippen MR) is 104 cm³/mol. The first kappa shape index (κ1) is 20.1. The van der Waals surface area contributed by atoms with Crippen LogP contribution in [0, 0.1) is 17.1 Å². The van der Waals surface area contributed by atoms with Crippen molar-refractivity contribution < 1.29 is 23.4 Å². The molecule has 0 aliphatic heterocycles. The predicted octanol–water partition coefficient (Wildman–Crippen LogP) is 4.31. The zero-order valence-electron chi connectivity index (χ0n) is 16.0. The Bertz CT molecular complexity index is 1070. The number of hydrogen-bond donors (Lipinski definition) is 0. The number of nitrogens with zero attached hydrogens (tertiary/aromatic N) is 2. The van der Waals surface area contributed by atoms with Gasteiger partial charge in [0.25, 0.3) is 0 Å². The maximum atomic E-state index is 13.6. The van der Waals surface area contributed by atoms with Crippen LogP contribution in [0.5, 0.6) is 5.75 Å². The minimum atomic E-state index is -0.504. The van der Waals surface area contributed by atoms with E-state index in [2.05, 4.69) is 6.07 Å². The van der Waals surface area contributed by atoms with Gasteiger partial charge in [-0.15, -0.1) is 0 Å². The molecule has 0 saturated heterocycles. The first-order valence-electron chi connectivity index (χ1n) is 8.88. The van der Waals surface area contributed by atoms with Crippen molar-refractivity contribution in [3.8, 4) is 28.6 Å². The van der Waals surface area contributed by atoms with Gasteiger partial charge in [0, 0.05) is 36.8 Å². The summed E-state index contributed by atoms with van der Waals surface area (Å²) in [5, 5.41) is 9.50. The molecule has 0 spiro atoms. The molecule has 0 amide bonds. The van der Waals surface area contributed by atoms with Gasteiger partial charge in [-0.3, -0.25) is 0 Å². The van der Waals surface area contributed by atoms with E-state index in [1.807, 2.05) is 0 Å². The lowest BCUT2D eigenvalue weighted by Gasteiger charge is -2.12. The van der Waals surface area contributed by atoms with E-state index in [4.69, 9.17) is 14.2 Å². The molecular formula is C22H19FN2O4. The largest absolute Gasteiger partial charge is 0.467 e. The molecule has 0 fully saturated rings. The first-order valence-corrected chi connectivity index (χ1v) is 8.88. The highest BCUT2D eigenvalue weighted by Gasteiger charge is 2.17. The van der Waals surface area contributed by atoms with E-state index < -0.39 is 5.97 Å². The molecule has 1 aromatic heterocycles. The molecule has 1 heterocycles. The summed E-state index contributed by atoms with van der Waals surface area (Å²) in [5.74, 6) is -0.591. The number of carbonyl (C=O) groups excluding carboxylic acids is 1. The van der Waals surface area contributed by atoms with Crippen molar-refractivity contribution in [2.75, 3.05) is 20.5 Å². The average Bonchev–Trinajstić information content (AvgIpc) is 3.17. The third kappa shape index (κ3) is 4.45. The molecular weight excluding hydrogens is 375 g/mol. The lowest BCUT2D eigenvalue weighted by atomic mass is 10.1. The summed E-state index contributed by atoms with van der Waals surface area (Å²) in [6.07, 6.45) is 3.37. The van der Waals surface area contributed by atoms with Gasteiger partial charge in [0.2, 0.25) is 0 Å². The van der Waals surface area contributed by atoms with Crippen LogP contribution in [0.3, 0.4) is 0 Å². The quantitative estimate of drug-likeness (QED) is 0.441. The van der Waals surface area contributed by atoms with Crippen molar-refractivity contribution >= 4 is 5.97 Å². The van der Waals surface area contributed by atoms with Gasteiger partial charge < -0.3 is 18.8 Å². The Morgan fingerprint density at radius 3 is 2.72 bits per heavy atom. The summed E-state index contributed by atoms with van der Waals surface area (Å²) in [5.41, 5.74) is 2.51. The van der Waals surface area contributed by atoms with Crippen LogP contribution in [0.15, 0.2) is 54.9 Å². The Labute approximate surface area is 167 Å². The highest BCUT2D eigenvalue weighted by Crippen LogP contribution is 2.29. The molecule has 0 aliphatic rings. The fraction of sp³-hybridized carbons (Fsp3) is 0.182. The van der Waals surface area contributed by atoms with E-state index >= 15 is 0 Å². The SMILES string of the molecule is CCOC(=O)c1ccc(-n2cc(C#N)c(-c3cccc(F)c3)c2)cc1OCOC. The molecule has 0 bridgehead atoms. The molecule has 0 saturated carbocycles. The number of ether oxygens (including phenoxy) is 3. The van der Waals surface area contributed by atoms with Crippen LogP contribution in [0.4, 0.5) is 4.39 Å². The average molecular weight is 394 g/mol. The Balaban J connectivity index is 2.04. The molecule has 3 rings (SSSR count). The standard InChI is InChI=1S/C22H19FN2O4/c1-3-28-22(26)19-8-7-18(10-21(19)29-14-27-2)25-12-16(11-24)20(13-25)15-5-4-6-17(23)9-15/h4-10,12-13H,3,14H2,1-2H3. The molecule has 148 valence electrons. The van der Waals surface area contributed by atoms with E-state index in [0.29, 0.717) is 28.1 Å². The third-order valence-electron chi connectivity index (χ3n) is 4.17. The van der Waals surface area contributed by atoms with Crippen LogP contribution in [-0.4, -0.2) is 31.0 Å². The topological polar surface area (TPSA) is 73.5 Å². The lowest BCUT2D eigenvalue weighted by molar-refractivity contribution is 0.0438. The zero-order valence-corrected chi connectivity index (χ0v) is 16.0. The van der Waals surface area contributed by atoms with Crippen molar-refractivity contribution in [3.05, 3.63) is 71.8 Å². The number of hydrogen-bond acceptors (Lipinski definition) is 5. The Morgan fingerprint density at radius 2 is 2.03 bits per heavy atom. The smallest absolute Gasteiger partial charge is 0.341 e. The Hall–Kier alpha value is -3.63. The van der Waals surface area contributed by atoms with Gasteiger partial charge in [0.05, 0.1) is 12.2 Å². The van der Waals surface area contributed by atoms with Gasteiger partial charge in [0.15, 0.2) is 6.79 Å². The Kier molecular flexibility index (Phi) is 6.27. The summed E-state index contributed by atoms with van der Waals surface area (Å²) in [6, 6.07) is 13.1. The molecule has 0 radical (unpaired) electrons. The number of esters is 1. The van der Waals surface area contributed by atoms with Crippen LogP contribution < -0.4 is 4.74 Å². The molecule has 0 atom stereocenters. The monoisotopic (exact) mass is 394 g/mol. The zero-order chi connectivity index (χ0) is 20.8. The van der Waals surface area contributed by atoms with E-state index in [1.54, 1.807) is 54.2 Å². The fourth-order valence-corrected chi connectivity index (χ4v) is 2.87. The maximum Gasteiger partial charge on any atom is 0.341 e. The van der Waals surface area contributed by atoms with E-state index in [1.165, 1.54) is 19.2 Å². The highest BCUT2D eigenvalue weighted by molar-refractivity contribution is 5.93. The molecule has 0 aliphatic carbocycles. The molecule has 0 unspecified atom stereocenters. The molecule has 29 heavy (non-hydrogen) atoms. The summed E-state index contributed by atoms with van der Waals surface area (Å²) < 4.78 is 30.8. The molecule has 2 aromatic carbocycles. The maximum absolute atomic E-state index is 13.6. The van der Waals surface area contributed by atoms with Crippen LogP contribution in [-0.2, 0) is 9.47 Å². The van der Waals surface area contributed by atoms with E-state index in [9.17, 15) is 14.4 Å². The number of rotatable bonds is 7. The normalized spacial score (nSPS) is 10.4. The van der Waals surface area contributed by atoms with Crippen LogP contribution in [0.1, 0.15) is 22.8 Å². The van der Waals surface area contributed by atoms with Crippen LogP contribution in [0.25, 0.3) is 16.8 Å². The summed E-state index contributed by atoms with van der Waals surface area (Å²) in [6.45, 7) is 1.92. The fourth-order valence-electron chi connectivity index (χ4n) is 2.87. The van der Waals surface area contributed by atoms with Gasteiger partial charge >= 0.3 is 5.97 Å². The third-order valence-corrected chi connectivity index (χ3v) is 4.17. The van der Waals surface area contributed by atoms with E-state index in [-0.39, 0.29) is 24.8 Å². The van der Waals surface area contributed by atoms with Crippen molar-refractivity contribution in [3.63, 3.8) is 0 Å². The van der Waals surface area contributed by atoms with Gasteiger partial charge in [0.1, 0.15) is 23.2 Å². The van der Waals surface area contributed by atoms with Crippen LogP contribution >= 0.6 is 0 Å². The molecule has 3 aromatic rings. The lowest BCUT2D eigenvalue weighted by Crippen LogP contribution is -2.10. The number of halogens is 1. The second-order valence-corrected chi connectivity index (χ2v) is 6.07. The molecule has 6 nitrogen and oxygen atoms in total. The summed E-state index contributed by atoms with van der Waals surface area (Å²) >= 11 is 0. The van der Waals surface area contributed by atoms with Crippen LogP contribution in [0.2, 0.25) is 0 Å². The number of methoxy groups -OCH3 is 1. The number of carbonyl (C=O) groups is 1. The minimum Gasteiger partial charge on any atom is -0.467 e. The second-order valence-electron chi connectivity index (χ2n) is 6.07. The summed E-state index contributed by atoms with van der Waals surface area (Å²) in [7, 11) is 1.48. The van der Waals surface area contributed by atoms with Gasteiger partial charge in [-0.1, -0.05) is 12.1 Å². The summed E-state index contributed by atoms with van der Waals surface area (Å²) in [4.78, 5) is 12.2. The van der Waals surface area contributed by atoms with Crippen molar-refractivity contribution in [2.45, 2.75) is 6.92 Å². The number of nitriles is 1. The number of benzene rings is 2. The molecule has 0 N–H and O–H groups in total. The van der Waals surface area contributed by atoms with Crippen molar-refractivity contribution in [1.29, 1.82) is 5.26 Å². The minimum absolute atomic E-state index is 0.0421. The Morgan fingerprint density at radius 1 is 1.21 bits per heavy atom. The molecule has 7 heteroatoms. The highest BCUT2D eigenvalue weighted by atomic mass is 19.1. The number of aromatic nitrogens is 1. The van der Waals surface area contributed by atoms with Crippen molar-refractivity contribution in [1.82, 2.24) is 4.57 Å².